The van der Waals surface area contributed by atoms with Gasteiger partial charge in [0.1, 0.15) is 5.69 Å². The number of carbonyl (C=O) groups is 1. The lowest BCUT2D eigenvalue weighted by molar-refractivity contribution is 0.0935. The van der Waals surface area contributed by atoms with E-state index in [0.717, 1.165) is 23.6 Å². The smallest absolute Gasteiger partial charge is 0.286 e. The van der Waals surface area contributed by atoms with E-state index < -0.39 is 17.3 Å². The van der Waals surface area contributed by atoms with Gasteiger partial charge in [-0.15, -0.1) is 4.73 Å². The summed E-state index contributed by atoms with van der Waals surface area (Å²) in [5, 5.41) is 26.8. The van der Waals surface area contributed by atoms with Crippen LogP contribution in [0.4, 0.5) is 11.4 Å². The third kappa shape index (κ3) is 4.25. The summed E-state index contributed by atoms with van der Waals surface area (Å²) >= 11 is 0. The van der Waals surface area contributed by atoms with Crippen LogP contribution in [0.5, 0.6) is 5.88 Å². The van der Waals surface area contributed by atoms with Crippen molar-refractivity contribution in [2.45, 2.75) is 19.5 Å². The van der Waals surface area contributed by atoms with Gasteiger partial charge in [-0.1, -0.05) is 12.1 Å². The summed E-state index contributed by atoms with van der Waals surface area (Å²) in [5.74, 6) is -0.980. The number of nitrogens with one attached hydrogen (secondary N) is 2. The van der Waals surface area contributed by atoms with Gasteiger partial charge in [0, 0.05) is 18.5 Å². The van der Waals surface area contributed by atoms with Crippen molar-refractivity contribution in [2.24, 2.45) is 0 Å². The van der Waals surface area contributed by atoms with Crippen LogP contribution in [0.3, 0.4) is 0 Å². The summed E-state index contributed by atoms with van der Waals surface area (Å²) in [5.41, 5.74) is 3.01. The monoisotopic (exact) mass is 539 g/mol. The van der Waals surface area contributed by atoms with Crippen molar-refractivity contribution >= 4 is 39.0 Å². The molecule has 0 spiro atoms. The maximum absolute atomic E-state index is 13.3. The number of nitrogens with zero attached hydrogens (tertiary/aromatic N) is 5. The van der Waals surface area contributed by atoms with E-state index in [-0.39, 0.29) is 39.3 Å². The number of fused-ring (bicyclic) bond motifs is 3. The Morgan fingerprint density at radius 1 is 1.10 bits per heavy atom. The Balaban J connectivity index is 1.26. The second-order valence-electron chi connectivity index (χ2n) is 9.81. The topological polar surface area (TPSA) is 155 Å². The number of aromatic hydroxyl groups is 1. The lowest BCUT2D eigenvalue weighted by Crippen LogP contribution is -2.28. The van der Waals surface area contributed by atoms with Crippen LogP contribution in [0.25, 0.3) is 21.7 Å². The minimum atomic E-state index is -0.778. The number of amides is 1. The van der Waals surface area contributed by atoms with Crippen molar-refractivity contribution in [3.63, 3.8) is 0 Å². The van der Waals surface area contributed by atoms with E-state index in [1.807, 2.05) is 32.2 Å². The molecule has 0 aliphatic carbocycles. The zero-order chi connectivity index (χ0) is 28.1. The number of hydrogen-bond donors (Lipinski definition) is 4. The number of benzene rings is 2. The molecular formula is C28H25N7O5. The molecule has 1 aliphatic heterocycles. The van der Waals surface area contributed by atoms with Gasteiger partial charge >= 0.3 is 0 Å². The molecule has 1 amide bonds. The first kappa shape index (κ1) is 24.9. The molecule has 12 nitrogen and oxygen atoms in total. The maximum atomic E-state index is 13.3. The van der Waals surface area contributed by atoms with E-state index in [0.29, 0.717) is 16.5 Å². The molecule has 1 unspecified atom stereocenters. The highest BCUT2D eigenvalue weighted by atomic mass is 16.5. The van der Waals surface area contributed by atoms with E-state index >= 15 is 0 Å². The fourth-order valence-corrected chi connectivity index (χ4v) is 4.87. The Bertz CT molecular complexity index is 1950. The first-order valence-corrected chi connectivity index (χ1v) is 12.5. The van der Waals surface area contributed by atoms with Crippen LogP contribution < -0.4 is 26.7 Å². The zero-order valence-electron chi connectivity index (χ0n) is 21.6. The second-order valence-corrected chi connectivity index (χ2v) is 9.81. The van der Waals surface area contributed by atoms with Gasteiger partial charge < -0.3 is 25.8 Å². The van der Waals surface area contributed by atoms with E-state index in [9.17, 15) is 24.7 Å². The molecule has 12 heteroatoms. The molecule has 202 valence electrons. The molecule has 1 atom stereocenters. The average Bonchev–Trinajstić information content (AvgIpc) is 3.33. The molecule has 3 aromatic heterocycles. The molecule has 2 aromatic carbocycles. The third-order valence-electron chi connectivity index (χ3n) is 7.13. The van der Waals surface area contributed by atoms with E-state index in [1.54, 1.807) is 18.2 Å². The van der Waals surface area contributed by atoms with Crippen LogP contribution in [0.2, 0.25) is 0 Å². The van der Waals surface area contributed by atoms with Gasteiger partial charge in [-0.25, -0.2) is 9.97 Å². The van der Waals surface area contributed by atoms with Gasteiger partial charge in [0.15, 0.2) is 0 Å². The lowest BCUT2D eigenvalue weighted by Gasteiger charge is -2.17. The molecule has 4 heterocycles. The fraction of sp³-hybridized carbons (Fsp3) is 0.179. The van der Waals surface area contributed by atoms with E-state index in [2.05, 4.69) is 25.5 Å². The number of hydrogen-bond acceptors (Lipinski definition) is 9. The Morgan fingerprint density at radius 2 is 1.93 bits per heavy atom. The molecular weight excluding hydrogens is 514 g/mol. The van der Waals surface area contributed by atoms with Gasteiger partial charge in [0.25, 0.3) is 17.0 Å². The van der Waals surface area contributed by atoms with E-state index in [1.165, 1.54) is 29.2 Å². The van der Waals surface area contributed by atoms with Crippen molar-refractivity contribution < 1.29 is 15.1 Å². The van der Waals surface area contributed by atoms with Crippen LogP contribution in [-0.4, -0.2) is 49.2 Å². The second kappa shape index (κ2) is 9.42. The normalized spacial score (nSPS) is 13.3. The molecule has 4 N–H and O–H groups in total. The van der Waals surface area contributed by atoms with Crippen LogP contribution in [0.15, 0.2) is 70.6 Å². The number of rotatable bonds is 5. The number of pyridine rings is 2. The van der Waals surface area contributed by atoms with E-state index in [4.69, 9.17) is 0 Å². The summed E-state index contributed by atoms with van der Waals surface area (Å²) < 4.78 is 1.56. The maximum Gasteiger partial charge on any atom is 0.286 e. The molecule has 1 aliphatic rings. The first-order valence-electron chi connectivity index (χ1n) is 12.5. The molecule has 0 saturated heterocycles. The number of anilines is 2. The van der Waals surface area contributed by atoms with Crippen molar-refractivity contribution in [3.8, 4) is 5.88 Å². The Kier molecular flexibility index (Phi) is 5.87. The predicted molar refractivity (Wildman–Crippen MR) is 149 cm³/mol. The quantitative estimate of drug-likeness (QED) is 0.247. The van der Waals surface area contributed by atoms with Crippen LogP contribution in [0, 0.1) is 0 Å². The van der Waals surface area contributed by atoms with Gasteiger partial charge in [-0.2, -0.15) is 0 Å². The summed E-state index contributed by atoms with van der Waals surface area (Å²) in [6, 6.07) is 13.2. The third-order valence-corrected chi connectivity index (χ3v) is 7.13. The zero-order valence-corrected chi connectivity index (χ0v) is 21.6. The van der Waals surface area contributed by atoms with Crippen molar-refractivity contribution in [1.29, 1.82) is 0 Å². The van der Waals surface area contributed by atoms with Crippen LogP contribution in [0.1, 0.15) is 34.6 Å². The summed E-state index contributed by atoms with van der Waals surface area (Å²) in [6.07, 6.45) is 2.79. The number of aromatic nitrogens is 4. The minimum absolute atomic E-state index is 0.0948. The Morgan fingerprint density at radius 3 is 2.75 bits per heavy atom. The summed E-state index contributed by atoms with van der Waals surface area (Å²) in [4.78, 5) is 48.9. The van der Waals surface area contributed by atoms with Gasteiger partial charge in [-0.3, -0.25) is 19.0 Å². The molecule has 5 aromatic rings. The molecule has 0 saturated carbocycles. The van der Waals surface area contributed by atoms with Crippen LogP contribution in [-0.2, 0) is 6.54 Å². The van der Waals surface area contributed by atoms with Crippen molar-refractivity contribution in [1.82, 2.24) is 24.6 Å². The molecule has 0 radical (unpaired) electrons. The predicted octanol–water partition coefficient (Wildman–Crippen LogP) is 2.41. The van der Waals surface area contributed by atoms with Crippen LogP contribution >= 0.6 is 0 Å². The largest absolute Gasteiger partial charge is 0.492 e. The summed E-state index contributed by atoms with van der Waals surface area (Å²) in [7, 11) is 1.99. The average molecular weight is 540 g/mol. The van der Waals surface area contributed by atoms with Gasteiger partial charge in [0.05, 0.1) is 54.1 Å². The highest BCUT2D eigenvalue weighted by molar-refractivity contribution is 5.95. The minimum Gasteiger partial charge on any atom is -0.492 e. The SMILES string of the molecule is CC(NC(=O)c1cc2c(=O)n(Cc3ccc4c(O)n(O)c(=O)cc4c3)cnc2cn1)c1ccc2c(c1)N(C)CN2. The van der Waals surface area contributed by atoms with Crippen molar-refractivity contribution in [2.75, 3.05) is 23.9 Å². The lowest BCUT2D eigenvalue weighted by atomic mass is 10.1. The van der Waals surface area contributed by atoms with Crippen molar-refractivity contribution in [3.05, 3.63) is 98.6 Å². The standard InChI is InChI=1S/C28H25N7O5/c1-15(17-4-6-21-24(8-17)33(2)13-30-21)32-26(37)22-10-20-23(11-29-22)31-14-34(27(20)38)12-16-3-5-19-18(7-16)9-25(36)35(40)28(19)39/h3-11,14-15,30,39-40H,12-13H2,1-2H3,(H,32,37). The van der Waals surface area contributed by atoms with Gasteiger partial charge in [0.2, 0.25) is 5.88 Å². The van der Waals surface area contributed by atoms with Gasteiger partial charge in [-0.05, 0) is 53.8 Å². The molecule has 40 heavy (non-hydrogen) atoms. The molecule has 0 bridgehead atoms. The highest BCUT2D eigenvalue weighted by Gasteiger charge is 2.19. The number of carbonyl (C=O) groups excluding carboxylic acids is 1. The highest BCUT2D eigenvalue weighted by Crippen LogP contribution is 2.32. The molecule has 6 rings (SSSR count). The Labute approximate surface area is 226 Å². The summed E-state index contributed by atoms with van der Waals surface area (Å²) in [6.45, 7) is 2.74. The fourth-order valence-electron chi connectivity index (χ4n) is 4.87. The first-order chi connectivity index (χ1) is 19.2. The molecule has 0 fully saturated rings. The Hall–Kier alpha value is -5.39.